The van der Waals surface area contributed by atoms with E-state index in [0.29, 0.717) is 23.2 Å². The predicted molar refractivity (Wildman–Crippen MR) is 109 cm³/mol. The molecule has 3 N–H and O–H groups in total. The number of carbonyl (C=O) groups excluding carboxylic acids is 1. The van der Waals surface area contributed by atoms with Crippen molar-refractivity contribution in [1.29, 1.82) is 0 Å². The summed E-state index contributed by atoms with van der Waals surface area (Å²) in [7, 11) is 1.83. The van der Waals surface area contributed by atoms with Crippen LogP contribution in [0.5, 0.6) is 0 Å². The van der Waals surface area contributed by atoms with Gasteiger partial charge in [0.2, 0.25) is 0 Å². The maximum Gasteiger partial charge on any atom is 0.306 e. The monoisotopic (exact) mass is 394 g/mol. The van der Waals surface area contributed by atoms with E-state index in [4.69, 9.17) is 33.7 Å². The Hall–Kier alpha value is -1.91. The molecule has 0 saturated heterocycles. The quantitative estimate of drug-likeness (QED) is 0.389. The van der Waals surface area contributed by atoms with Gasteiger partial charge in [0.25, 0.3) is 0 Å². The summed E-state index contributed by atoms with van der Waals surface area (Å²) in [5.41, 5.74) is 11.5. The first kappa shape index (κ1) is 20.4. The third kappa shape index (κ3) is 4.43. The number of rotatable bonds is 7. The summed E-state index contributed by atoms with van der Waals surface area (Å²) in [6.45, 7) is 4.10. The van der Waals surface area contributed by atoms with E-state index in [2.05, 4.69) is 5.32 Å². The molecule has 0 radical (unpaired) electrons. The van der Waals surface area contributed by atoms with Gasteiger partial charge in [0.05, 0.1) is 24.4 Å². The summed E-state index contributed by atoms with van der Waals surface area (Å²) < 4.78 is 5.18. The fraction of sp³-hybridized carbons (Fsp3) is 0.350. The largest absolute Gasteiger partial charge is 0.466 e. The van der Waals surface area contributed by atoms with Crippen molar-refractivity contribution in [3.8, 4) is 0 Å². The molecular formula is C20H24Cl2N2O2. The van der Waals surface area contributed by atoms with Crippen LogP contribution in [0.4, 0.5) is 11.4 Å². The van der Waals surface area contributed by atoms with E-state index in [0.717, 1.165) is 27.9 Å². The number of nitrogens with two attached hydrogens (primary N) is 1. The van der Waals surface area contributed by atoms with Gasteiger partial charge in [-0.1, -0.05) is 29.8 Å². The van der Waals surface area contributed by atoms with E-state index in [9.17, 15) is 4.79 Å². The van der Waals surface area contributed by atoms with E-state index in [-0.39, 0.29) is 18.3 Å². The molecule has 0 aromatic heterocycles. The molecule has 4 nitrogen and oxygen atoms in total. The average molecular weight is 395 g/mol. The van der Waals surface area contributed by atoms with Crippen molar-refractivity contribution in [1.82, 2.24) is 0 Å². The fourth-order valence-corrected chi connectivity index (χ4v) is 3.52. The molecule has 0 aliphatic carbocycles. The number of ether oxygens (including phenoxy) is 1. The highest BCUT2D eigenvalue weighted by Gasteiger charge is 2.23. The van der Waals surface area contributed by atoms with Crippen LogP contribution >= 0.6 is 23.2 Å². The van der Waals surface area contributed by atoms with Crippen molar-refractivity contribution in [2.75, 3.05) is 24.7 Å². The Morgan fingerprint density at radius 2 is 2.04 bits per heavy atom. The molecule has 0 amide bonds. The van der Waals surface area contributed by atoms with E-state index in [1.54, 1.807) is 6.92 Å². The van der Waals surface area contributed by atoms with Gasteiger partial charge in [-0.25, -0.2) is 0 Å². The maximum atomic E-state index is 12.2. The van der Waals surface area contributed by atoms with Crippen molar-refractivity contribution >= 4 is 40.5 Å². The first-order valence-corrected chi connectivity index (χ1v) is 9.40. The molecule has 2 aromatic rings. The molecule has 0 bridgehead atoms. The van der Waals surface area contributed by atoms with Gasteiger partial charge in [0.15, 0.2) is 0 Å². The summed E-state index contributed by atoms with van der Waals surface area (Å²) in [6.07, 6.45) is 0.219. The molecule has 0 aliphatic heterocycles. The fourth-order valence-electron chi connectivity index (χ4n) is 3.05. The molecule has 1 unspecified atom stereocenters. The number of hydrogen-bond acceptors (Lipinski definition) is 4. The second-order valence-corrected chi connectivity index (χ2v) is 6.71. The van der Waals surface area contributed by atoms with E-state index >= 15 is 0 Å². The number of nitrogens with one attached hydrogen (secondary N) is 1. The average Bonchev–Trinajstić information content (AvgIpc) is 2.63. The molecule has 26 heavy (non-hydrogen) atoms. The molecule has 0 aliphatic rings. The Labute approximate surface area is 164 Å². The zero-order valence-electron chi connectivity index (χ0n) is 15.2. The SMILES string of the molecule is CCOC(=O)CC(c1ccc(Cl)c(CCl)c1)c1ccc(NC)c(N)c1C. The topological polar surface area (TPSA) is 64.3 Å². The summed E-state index contributed by atoms with van der Waals surface area (Å²) >= 11 is 12.2. The molecule has 6 heteroatoms. The van der Waals surface area contributed by atoms with Crippen molar-refractivity contribution in [2.24, 2.45) is 0 Å². The molecule has 0 heterocycles. The van der Waals surface area contributed by atoms with Crippen LogP contribution in [0.2, 0.25) is 5.02 Å². The highest BCUT2D eigenvalue weighted by molar-refractivity contribution is 6.32. The highest BCUT2D eigenvalue weighted by Crippen LogP contribution is 2.37. The number of hydrogen-bond donors (Lipinski definition) is 2. The second kappa shape index (κ2) is 9.15. The third-order valence-corrected chi connectivity index (χ3v) is 5.15. The van der Waals surface area contributed by atoms with Crippen LogP contribution in [0.15, 0.2) is 30.3 Å². The summed E-state index contributed by atoms with van der Waals surface area (Å²) in [5, 5.41) is 3.69. The lowest BCUT2D eigenvalue weighted by Gasteiger charge is -2.22. The number of anilines is 2. The number of alkyl halides is 1. The molecule has 2 rings (SSSR count). The van der Waals surface area contributed by atoms with Crippen molar-refractivity contribution < 1.29 is 9.53 Å². The molecule has 140 valence electrons. The Morgan fingerprint density at radius 3 is 2.65 bits per heavy atom. The molecule has 1 atom stereocenters. The Kier molecular flexibility index (Phi) is 7.18. The van der Waals surface area contributed by atoms with Crippen LogP contribution in [0.3, 0.4) is 0 Å². The molecule has 2 aromatic carbocycles. The lowest BCUT2D eigenvalue weighted by molar-refractivity contribution is -0.143. The summed E-state index contributed by atoms with van der Waals surface area (Å²) in [5.74, 6) is -0.143. The van der Waals surface area contributed by atoms with Crippen LogP contribution in [-0.2, 0) is 15.4 Å². The van der Waals surface area contributed by atoms with Gasteiger partial charge in [0, 0.05) is 23.9 Å². The minimum atomic E-state index is -0.254. The predicted octanol–water partition coefficient (Wildman–Crippen LogP) is 5.10. The van der Waals surface area contributed by atoms with Crippen LogP contribution in [0, 0.1) is 6.92 Å². The van der Waals surface area contributed by atoms with Crippen molar-refractivity contribution in [2.45, 2.75) is 32.1 Å². The zero-order chi connectivity index (χ0) is 19.3. The first-order valence-electron chi connectivity index (χ1n) is 8.49. The standard InChI is InChI=1S/C20H24Cl2N2O2/c1-4-26-19(25)10-16(13-5-7-17(22)14(9-13)11-21)15-6-8-18(24-3)20(23)12(15)2/h5-9,16,24H,4,10-11,23H2,1-3H3. The Bertz CT molecular complexity index is 794. The van der Waals surface area contributed by atoms with Gasteiger partial charge in [-0.3, -0.25) is 4.79 Å². The first-order chi connectivity index (χ1) is 12.4. The van der Waals surface area contributed by atoms with Gasteiger partial charge in [-0.05, 0) is 48.2 Å². The van der Waals surface area contributed by atoms with Gasteiger partial charge >= 0.3 is 5.97 Å². The second-order valence-electron chi connectivity index (χ2n) is 6.04. The van der Waals surface area contributed by atoms with Gasteiger partial charge < -0.3 is 15.8 Å². The van der Waals surface area contributed by atoms with E-state index < -0.39 is 0 Å². The summed E-state index contributed by atoms with van der Waals surface area (Å²) in [4.78, 5) is 12.2. The van der Waals surface area contributed by atoms with Crippen LogP contribution in [-0.4, -0.2) is 19.6 Å². The van der Waals surface area contributed by atoms with Crippen LogP contribution < -0.4 is 11.1 Å². The van der Waals surface area contributed by atoms with Crippen molar-refractivity contribution in [3.05, 3.63) is 57.6 Å². The van der Waals surface area contributed by atoms with E-state index in [1.165, 1.54) is 0 Å². The highest BCUT2D eigenvalue weighted by atomic mass is 35.5. The minimum Gasteiger partial charge on any atom is -0.466 e. The van der Waals surface area contributed by atoms with Crippen molar-refractivity contribution in [3.63, 3.8) is 0 Å². The smallest absolute Gasteiger partial charge is 0.306 e. The third-order valence-electron chi connectivity index (χ3n) is 4.49. The Balaban J connectivity index is 2.55. The van der Waals surface area contributed by atoms with Gasteiger partial charge in [-0.2, -0.15) is 0 Å². The number of benzene rings is 2. The number of halogens is 2. The molecule has 0 spiro atoms. The lowest BCUT2D eigenvalue weighted by Crippen LogP contribution is -2.14. The summed E-state index contributed by atoms with van der Waals surface area (Å²) in [6, 6.07) is 9.60. The Morgan fingerprint density at radius 1 is 1.31 bits per heavy atom. The van der Waals surface area contributed by atoms with Crippen LogP contribution in [0.1, 0.15) is 41.5 Å². The number of carbonyl (C=O) groups is 1. The maximum absolute atomic E-state index is 12.2. The minimum absolute atomic E-state index is 0.193. The molecular weight excluding hydrogens is 371 g/mol. The van der Waals surface area contributed by atoms with E-state index in [1.807, 2.05) is 44.3 Å². The molecule has 0 saturated carbocycles. The van der Waals surface area contributed by atoms with Gasteiger partial charge in [-0.15, -0.1) is 11.6 Å². The van der Waals surface area contributed by atoms with Crippen LogP contribution in [0.25, 0.3) is 0 Å². The lowest BCUT2D eigenvalue weighted by atomic mass is 9.84. The van der Waals surface area contributed by atoms with Gasteiger partial charge in [0.1, 0.15) is 0 Å². The normalized spacial score (nSPS) is 11.9. The number of esters is 1. The number of nitrogen functional groups attached to an aromatic ring is 1. The zero-order valence-corrected chi connectivity index (χ0v) is 16.7. The molecule has 0 fully saturated rings.